The third kappa shape index (κ3) is 4.06. The molecule has 2 rings (SSSR count). The number of hydrogen-bond acceptors (Lipinski definition) is 4. The monoisotopic (exact) mass is 366 g/mol. The number of nitro groups is 1. The Morgan fingerprint density at radius 1 is 1.24 bits per heavy atom. The molecule has 0 aliphatic carbocycles. The van der Waals surface area contributed by atoms with Crippen LogP contribution in [0.15, 0.2) is 56.7 Å². The minimum atomic E-state index is -0.391. The first-order valence-electron chi connectivity index (χ1n) is 6.40. The third-order valence-electron chi connectivity index (χ3n) is 3.16. The van der Waals surface area contributed by atoms with E-state index in [1.807, 2.05) is 7.05 Å². The molecule has 2 aromatic rings. The maximum atomic E-state index is 10.6. The van der Waals surface area contributed by atoms with Gasteiger partial charge in [-0.2, -0.15) is 0 Å². The molecule has 0 saturated carbocycles. The van der Waals surface area contributed by atoms with Crippen LogP contribution in [0.1, 0.15) is 18.5 Å². The van der Waals surface area contributed by atoms with E-state index in [1.165, 1.54) is 17.7 Å². The predicted molar refractivity (Wildman–Crippen MR) is 88.8 cm³/mol. The summed E-state index contributed by atoms with van der Waals surface area (Å²) in [5, 5.41) is 13.8. The van der Waals surface area contributed by atoms with Gasteiger partial charge in [0.15, 0.2) is 0 Å². The van der Waals surface area contributed by atoms with Crippen LogP contribution in [0.3, 0.4) is 0 Å². The van der Waals surface area contributed by atoms with Gasteiger partial charge in [-0.05, 0) is 59.7 Å². The van der Waals surface area contributed by atoms with Crippen molar-refractivity contribution in [3.63, 3.8) is 0 Å². The molecule has 4 nitrogen and oxygen atoms in total. The molecule has 2 aromatic carbocycles. The van der Waals surface area contributed by atoms with Crippen LogP contribution in [0.2, 0.25) is 0 Å². The molecule has 0 radical (unpaired) electrons. The Labute approximate surface area is 136 Å². The zero-order valence-electron chi connectivity index (χ0n) is 11.7. The second kappa shape index (κ2) is 7.06. The summed E-state index contributed by atoms with van der Waals surface area (Å²) in [6.07, 6.45) is 0. The average Bonchev–Trinajstić information content (AvgIpc) is 2.49. The zero-order valence-corrected chi connectivity index (χ0v) is 14.1. The molecule has 0 spiro atoms. The van der Waals surface area contributed by atoms with Gasteiger partial charge in [0.1, 0.15) is 0 Å². The molecule has 0 amide bonds. The van der Waals surface area contributed by atoms with E-state index < -0.39 is 4.92 Å². The lowest BCUT2D eigenvalue weighted by Gasteiger charge is -2.12. The SMILES string of the molecule is CNC(C)c1ccc(Sc2ccc([N+](=O)[O-])cc2)c(Br)c1. The quantitative estimate of drug-likeness (QED) is 0.610. The Morgan fingerprint density at radius 3 is 2.43 bits per heavy atom. The first kappa shape index (κ1) is 16.0. The van der Waals surface area contributed by atoms with Gasteiger partial charge in [-0.1, -0.05) is 17.8 Å². The van der Waals surface area contributed by atoms with E-state index in [2.05, 4.69) is 46.4 Å². The van der Waals surface area contributed by atoms with Crippen LogP contribution in [-0.4, -0.2) is 12.0 Å². The van der Waals surface area contributed by atoms with Gasteiger partial charge >= 0.3 is 0 Å². The van der Waals surface area contributed by atoms with E-state index in [-0.39, 0.29) is 5.69 Å². The summed E-state index contributed by atoms with van der Waals surface area (Å²) in [5.41, 5.74) is 1.31. The summed E-state index contributed by atoms with van der Waals surface area (Å²) in [4.78, 5) is 12.3. The third-order valence-corrected chi connectivity index (χ3v) is 5.17. The highest BCUT2D eigenvalue weighted by Crippen LogP contribution is 2.35. The minimum Gasteiger partial charge on any atom is -0.313 e. The van der Waals surface area contributed by atoms with E-state index in [1.54, 1.807) is 23.9 Å². The first-order valence-corrected chi connectivity index (χ1v) is 8.01. The van der Waals surface area contributed by atoms with Gasteiger partial charge in [-0.15, -0.1) is 0 Å². The molecule has 1 N–H and O–H groups in total. The first-order chi connectivity index (χ1) is 10.0. The van der Waals surface area contributed by atoms with Crippen molar-refractivity contribution in [1.29, 1.82) is 0 Å². The Bertz CT molecular complexity index is 647. The molecular formula is C15H15BrN2O2S. The van der Waals surface area contributed by atoms with Crippen molar-refractivity contribution in [1.82, 2.24) is 5.32 Å². The normalized spacial score (nSPS) is 12.1. The molecular weight excluding hydrogens is 352 g/mol. The summed E-state index contributed by atoms with van der Waals surface area (Å²) in [6.45, 7) is 2.10. The van der Waals surface area contributed by atoms with Crippen LogP contribution in [0.4, 0.5) is 5.69 Å². The standard InChI is InChI=1S/C15H15BrN2O2S/c1-10(17-2)11-3-8-15(14(16)9-11)21-13-6-4-12(5-7-13)18(19)20/h3-10,17H,1-2H3. The molecule has 0 aliphatic heterocycles. The van der Waals surface area contributed by atoms with Gasteiger partial charge in [0.05, 0.1) is 4.92 Å². The fourth-order valence-corrected chi connectivity index (χ4v) is 3.26. The van der Waals surface area contributed by atoms with Gasteiger partial charge < -0.3 is 5.32 Å². The van der Waals surface area contributed by atoms with E-state index in [4.69, 9.17) is 0 Å². The van der Waals surface area contributed by atoms with Gasteiger partial charge in [-0.25, -0.2) is 0 Å². The Hall–Kier alpha value is -1.37. The number of hydrogen-bond donors (Lipinski definition) is 1. The molecule has 0 fully saturated rings. The van der Waals surface area contributed by atoms with Crippen molar-refractivity contribution in [2.75, 3.05) is 7.05 Å². The molecule has 110 valence electrons. The topological polar surface area (TPSA) is 55.2 Å². The van der Waals surface area contributed by atoms with Crippen LogP contribution in [0, 0.1) is 10.1 Å². The van der Waals surface area contributed by atoms with Gasteiger partial charge in [0, 0.05) is 32.4 Å². The highest BCUT2D eigenvalue weighted by Gasteiger charge is 2.09. The van der Waals surface area contributed by atoms with Crippen molar-refractivity contribution in [3.8, 4) is 0 Å². The molecule has 0 bridgehead atoms. The zero-order chi connectivity index (χ0) is 15.4. The molecule has 1 unspecified atom stereocenters. The van der Waals surface area contributed by atoms with Gasteiger partial charge in [0.2, 0.25) is 0 Å². The number of nitro benzene ring substituents is 1. The maximum Gasteiger partial charge on any atom is 0.269 e. The van der Waals surface area contributed by atoms with Gasteiger partial charge in [-0.3, -0.25) is 10.1 Å². The Kier molecular flexibility index (Phi) is 5.39. The lowest BCUT2D eigenvalue weighted by molar-refractivity contribution is -0.384. The molecule has 0 aromatic heterocycles. The van der Waals surface area contributed by atoms with Crippen molar-refractivity contribution in [3.05, 3.63) is 62.6 Å². The average molecular weight is 367 g/mol. The van der Waals surface area contributed by atoms with Crippen molar-refractivity contribution in [2.45, 2.75) is 22.8 Å². The van der Waals surface area contributed by atoms with Crippen LogP contribution in [0.25, 0.3) is 0 Å². The van der Waals surface area contributed by atoms with Crippen LogP contribution >= 0.6 is 27.7 Å². The Balaban J connectivity index is 2.17. The number of rotatable bonds is 5. The number of nitrogens with one attached hydrogen (secondary N) is 1. The lowest BCUT2D eigenvalue weighted by atomic mass is 10.1. The molecule has 0 aliphatic rings. The highest BCUT2D eigenvalue weighted by atomic mass is 79.9. The van der Waals surface area contributed by atoms with Crippen molar-refractivity contribution in [2.24, 2.45) is 0 Å². The van der Waals surface area contributed by atoms with E-state index in [9.17, 15) is 10.1 Å². The number of benzene rings is 2. The van der Waals surface area contributed by atoms with Crippen LogP contribution < -0.4 is 5.32 Å². The van der Waals surface area contributed by atoms with E-state index >= 15 is 0 Å². The summed E-state index contributed by atoms with van der Waals surface area (Å²) in [5.74, 6) is 0. The largest absolute Gasteiger partial charge is 0.313 e. The highest BCUT2D eigenvalue weighted by molar-refractivity contribution is 9.10. The summed E-state index contributed by atoms with van der Waals surface area (Å²) >= 11 is 5.16. The van der Waals surface area contributed by atoms with Crippen LogP contribution in [-0.2, 0) is 0 Å². The summed E-state index contributed by atoms with van der Waals surface area (Å²) < 4.78 is 1.02. The number of nitrogens with zero attached hydrogens (tertiary/aromatic N) is 1. The smallest absolute Gasteiger partial charge is 0.269 e. The Morgan fingerprint density at radius 2 is 1.90 bits per heavy atom. The van der Waals surface area contributed by atoms with Gasteiger partial charge in [0.25, 0.3) is 5.69 Å². The molecule has 6 heteroatoms. The predicted octanol–water partition coefficient (Wildman–Crippen LogP) is 4.79. The fraction of sp³-hybridized carbons (Fsp3) is 0.200. The van der Waals surface area contributed by atoms with Crippen LogP contribution in [0.5, 0.6) is 0 Å². The van der Waals surface area contributed by atoms with Crippen molar-refractivity contribution < 1.29 is 4.92 Å². The molecule has 1 atom stereocenters. The second-order valence-electron chi connectivity index (χ2n) is 4.55. The summed E-state index contributed by atoms with van der Waals surface area (Å²) in [6, 6.07) is 13.1. The van der Waals surface area contributed by atoms with E-state index in [0.29, 0.717) is 6.04 Å². The number of halogens is 1. The maximum absolute atomic E-state index is 10.6. The molecule has 0 saturated heterocycles. The van der Waals surface area contributed by atoms with E-state index in [0.717, 1.165) is 14.3 Å². The lowest BCUT2D eigenvalue weighted by Crippen LogP contribution is -2.12. The van der Waals surface area contributed by atoms with Crippen molar-refractivity contribution >= 4 is 33.4 Å². The molecule has 21 heavy (non-hydrogen) atoms. The fourth-order valence-electron chi connectivity index (χ4n) is 1.80. The second-order valence-corrected chi connectivity index (χ2v) is 6.52. The summed E-state index contributed by atoms with van der Waals surface area (Å²) in [7, 11) is 1.93. The minimum absolute atomic E-state index is 0.108. The molecule has 0 heterocycles. The number of non-ortho nitro benzene ring substituents is 1.